The number of rotatable bonds is 2. The van der Waals surface area contributed by atoms with E-state index in [2.05, 4.69) is 0 Å². The lowest BCUT2D eigenvalue weighted by Gasteiger charge is -2.08. The third kappa shape index (κ3) is 1.69. The van der Waals surface area contributed by atoms with E-state index in [1.165, 1.54) is 0 Å². The lowest BCUT2D eigenvalue weighted by Crippen LogP contribution is -1.98. The topological polar surface area (TPSA) is 63.4 Å². The maximum absolute atomic E-state index is 10.7. The largest absolute Gasteiger partial charge is 0.502 e. The Kier molecular flexibility index (Phi) is 2.74. The van der Waals surface area contributed by atoms with Gasteiger partial charge in [-0.05, 0) is 18.4 Å². The predicted molar refractivity (Wildman–Crippen MR) is 53.6 cm³/mol. The van der Waals surface area contributed by atoms with Gasteiger partial charge in [0.25, 0.3) is 0 Å². The van der Waals surface area contributed by atoms with Crippen LogP contribution in [0.25, 0.3) is 0 Å². The van der Waals surface area contributed by atoms with E-state index in [1.54, 1.807) is 19.1 Å². The molecule has 1 N–H and O–H groups in total. The SMILES string of the molecule is Cc1ccc(C(C)C)c([N+](=O)[O-])c1O. The molecule has 0 aliphatic carbocycles. The Morgan fingerprint density at radius 3 is 2.43 bits per heavy atom. The number of aromatic hydroxyl groups is 1. The molecular weight excluding hydrogens is 182 g/mol. The number of phenolic OH excluding ortho intramolecular Hbond substituents is 1. The number of phenols is 1. The number of hydrogen-bond acceptors (Lipinski definition) is 3. The summed E-state index contributed by atoms with van der Waals surface area (Å²) >= 11 is 0. The van der Waals surface area contributed by atoms with E-state index < -0.39 is 4.92 Å². The van der Waals surface area contributed by atoms with Crippen molar-refractivity contribution in [2.24, 2.45) is 0 Å². The van der Waals surface area contributed by atoms with Gasteiger partial charge in [-0.25, -0.2) is 0 Å². The minimum atomic E-state index is -0.530. The van der Waals surface area contributed by atoms with Crippen LogP contribution >= 0.6 is 0 Å². The van der Waals surface area contributed by atoms with Crippen molar-refractivity contribution in [2.45, 2.75) is 26.7 Å². The quantitative estimate of drug-likeness (QED) is 0.583. The van der Waals surface area contributed by atoms with Gasteiger partial charge < -0.3 is 5.11 Å². The Hall–Kier alpha value is -1.58. The molecule has 0 saturated carbocycles. The second-order valence-corrected chi connectivity index (χ2v) is 3.58. The van der Waals surface area contributed by atoms with Crippen LogP contribution in [0.5, 0.6) is 5.75 Å². The molecule has 14 heavy (non-hydrogen) atoms. The lowest BCUT2D eigenvalue weighted by molar-refractivity contribution is -0.386. The number of aryl methyl sites for hydroxylation is 1. The van der Waals surface area contributed by atoms with Crippen molar-refractivity contribution in [3.63, 3.8) is 0 Å². The molecule has 0 spiro atoms. The summed E-state index contributed by atoms with van der Waals surface area (Å²) in [4.78, 5) is 10.2. The van der Waals surface area contributed by atoms with Crippen molar-refractivity contribution in [2.75, 3.05) is 0 Å². The Morgan fingerprint density at radius 1 is 1.43 bits per heavy atom. The summed E-state index contributed by atoms with van der Waals surface area (Å²) < 4.78 is 0. The van der Waals surface area contributed by atoms with Gasteiger partial charge in [-0.3, -0.25) is 10.1 Å². The maximum atomic E-state index is 10.7. The molecule has 0 saturated heterocycles. The highest BCUT2D eigenvalue weighted by atomic mass is 16.6. The number of nitrogens with zero attached hydrogens (tertiary/aromatic N) is 1. The molecule has 4 nitrogen and oxygen atoms in total. The Bertz CT molecular complexity index is 372. The summed E-state index contributed by atoms with van der Waals surface area (Å²) in [5.74, 6) is -0.192. The van der Waals surface area contributed by atoms with Crippen LogP contribution in [0.3, 0.4) is 0 Å². The molecule has 0 radical (unpaired) electrons. The van der Waals surface area contributed by atoms with E-state index in [-0.39, 0.29) is 17.4 Å². The summed E-state index contributed by atoms with van der Waals surface area (Å²) in [7, 11) is 0. The Labute approximate surface area is 82.3 Å². The fourth-order valence-electron chi connectivity index (χ4n) is 1.35. The highest BCUT2D eigenvalue weighted by molar-refractivity contribution is 5.56. The van der Waals surface area contributed by atoms with E-state index in [1.807, 2.05) is 13.8 Å². The summed E-state index contributed by atoms with van der Waals surface area (Å²) in [6.45, 7) is 5.36. The molecule has 1 aromatic rings. The molecule has 0 fully saturated rings. The van der Waals surface area contributed by atoms with Crippen molar-refractivity contribution in [3.8, 4) is 5.75 Å². The molecule has 1 rings (SSSR count). The zero-order valence-electron chi connectivity index (χ0n) is 8.44. The average Bonchev–Trinajstić information content (AvgIpc) is 2.08. The van der Waals surface area contributed by atoms with Crippen LogP contribution in [-0.4, -0.2) is 10.0 Å². The molecule has 0 heterocycles. The molecule has 0 unspecified atom stereocenters. The smallest absolute Gasteiger partial charge is 0.314 e. The van der Waals surface area contributed by atoms with Gasteiger partial charge in [-0.15, -0.1) is 0 Å². The normalized spacial score (nSPS) is 10.6. The zero-order chi connectivity index (χ0) is 10.9. The minimum Gasteiger partial charge on any atom is -0.502 e. The molecular formula is C10H13NO3. The van der Waals surface area contributed by atoms with E-state index >= 15 is 0 Å². The fraction of sp³-hybridized carbons (Fsp3) is 0.400. The lowest BCUT2D eigenvalue weighted by atomic mass is 9.99. The van der Waals surface area contributed by atoms with Crippen LogP contribution in [0.1, 0.15) is 30.9 Å². The van der Waals surface area contributed by atoms with Crippen molar-refractivity contribution in [1.82, 2.24) is 0 Å². The highest BCUT2D eigenvalue weighted by Crippen LogP contribution is 2.36. The standard InChI is InChI=1S/C10H13NO3/c1-6(2)8-5-4-7(3)10(12)9(8)11(13)14/h4-6,12H,1-3H3. The van der Waals surface area contributed by atoms with Crippen LogP contribution in [0.4, 0.5) is 5.69 Å². The first-order valence-electron chi connectivity index (χ1n) is 4.42. The monoisotopic (exact) mass is 195 g/mol. The molecule has 1 aromatic carbocycles. The van der Waals surface area contributed by atoms with Crippen LogP contribution in [0.2, 0.25) is 0 Å². The van der Waals surface area contributed by atoms with Gasteiger partial charge in [0.05, 0.1) is 4.92 Å². The van der Waals surface area contributed by atoms with Crippen molar-refractivity contribution >= 4 is 5.69 Å². The molecule has 0 amide bonds. The number of benzene rings is 1. The third-order valence-electron chi connectivity index (χ3n) is 2.19. The first-order chi connectivity index (χ1) is 6.45. The van der Waals surface area contributed by atoms with E-state index in [9.17, 15) is 15.2 Å². The second kappa shape index (κ2) is 3.65. The Morgan fingerprint density at radius 2 is 2.00 bits per heavy atom. The van der Waals surface area contributed by atoms with Crippen LogP contribution in [-0.2, 0) is 0 Å². The van der Waals surface area contributed by atoms with Gasteiger partial charge in [-0.2, -0.15) is 0 Å². The molecule has 0 aromatic heterocycles. The predicted octanol–water partition coefficient (Wildman–Crippen LogP) is 2.73. The zero-order valence-corrected chi connectivity index (χ0v) is 8.44. The van der Waals surface area contributed by atoms with E-state index in [0.717, 1.165) is 0 Å². The maximum Gasteiger partial charge on any atom is 0.314 e. The molecule has 0 atom stereocenters. The first kappa shape index (κ1) is 10.5. The molecule has 0 bridgehead atoms. The van der Waals surface area contributed by atoms with Gasteiger partial charge in [0.2, 0.25) is 0 Å². The molecule has 0 aliphatic rings. The van der Waals surface area contributed by atoms with Crippen molar-refractivity contribution in [3.05, 3.63) is 33.4 Å². The van der Waals surface area contributed by atoms with E-state index in [0.29, 0.717) is 11.1 Å². The van der Waals surface area contributed by atoms with Crippen molar-refractivity contribution < 1.29 is 10.0 Å². The van der Waals surface area contributed by atoms with Crippen LogP contribution in [0.15, 0.2) is 12.1 Å². The van der Waals surface area contributed by atoms with Gasteiger partial charge in [0, 0.05) is 5.56 Å². The summed E-state index contributed by atoms with van der Waals surface area (Å²) in [6, 6.07) is 3.38. The highest BCUT2D eigenvalue weighted by Gasteiger charge is 2.22. The van der Waals surface area contributed by atoms with Gasteiger partial charge in [-0.1, -0.05) is 26.0 Å². The Balaban J connectivity index is 3.45. The average molecular weight is 195 g/mol. The van der Waals surface area contributed by atoms with E-state index in [4.69, 9.17) is 0 Å². The second-order valence-electron chi connectivity index (χ2n) is 3.58. The van der Waals surface area contributed by atoms with Crippen LogP contribution < -0.4 is 0 Å². The van der Waals surface area contributed by atoms with Crippen molar-refractivity contribution in [1.29, 1.82) is 0 Å². The van der Waals surface area contributed by atoms with Crippen LogP contribution in [0, 0.1) is 17.0 Å². The first-order valence-corrected chi connectivity index (χ1v) is 4.42. The van der Waals surface area contributed by atoms with Gasteiger partial charge in [0.1, 0.15) is 0 Å². The molecule has 0 aliphatic heterocycles. The number of nitro benzene ring substituents is 1. The minimum absolute atomic E-state index is 0.0295. The number of nitro groups is 1. The molecule has 4 heteroatoms. The van der Waals surface area contributed by atoms with Gasteiger partial charge >= 0.3 is 5.69 Å². The van der Waals surface area contributed by atoms with Gasteiger partial charge in [0.15, 0.2) is 5.75 Å². The summed E-state index contributed by atoms with van der Waals surface area (Å²) in [5, 5.41) is 20.3. The summed E-state index contributed by atoms with van der Waals surface area (Å²) in [6.07, 6.45) is 0. The molecule has 76 valence electrons. The third-order valence-corrected chi connectivity index (χ3v) is 2.19. The fourth-order valence-corrected chi connectivity index (χ4v) is 1.35. The summed E-state index contributed by atoms with van der Waals surface area (Å²) in [5.41, 5.74) is 0.930. The number of hydrogen-bond donors (Lipinski definition) is 1.